The Balaban J connectivity index is 0.000000166. The quantitative estimate of drug-likeness (QED) is 0.0964. The number of hydrogen-bond acceptors (Lipinski definition) is 16. The predicted molar refractivity (Wildman–Crippen MR) is 272 cm³/mol. The van der Waals surface area contributed by atoms with Gasteiger partial charge in [0.25, 0.3) is 11.8 Å². The zero-order chi connectivity index (χ0) is 53.9. The number of nitrogens with two attached hydrogens (primary N) is 1. The maximum atomic E-state index is 14.3. The van der Waals surface area contributed by atoms with E-state index >= 15 is 0 Å². The van der Waals surface area contributed by atoms with Crippen LogP contribution in [0.5, 0.6) is 23.0 Å². The minimum Gasteiger partial charge on any atom is -0.454 e. The van der Waals surface area contributed by atoms with Crippen LogP contribution < -0.4 is 20.5 Å². The molecule has 2 atom stereocenters. The first-order valence-electron chi connectivity index (χ1n) is 23.1. The van der Waals surface area contributed by atoms with Gasteiger partial charge in [0.15, 0.2) is 33.3 Å². The lowest BCUT2D eigenvalue weighted by Crippen LogP contribution is -2.20. The molecule has 10 rings (SSSR count). The third kappa shape index (κ3) is 12.8. The normalized spacial score (nSPS) is 15.6. The Morgan fingerprint density at radius 2 is 1.23 bits per heavy atom. The lowest BCUT2D eigenvalue weighted by molar-refractivity contribution is -0.117. The van der Waals surface area contributed by atoms with Crippen molar-refractivity contribution < 1.29 is 46.1 Å². The molecule has 0 aliphatic carbocycles. The Hall–Kier alpha value is -6.80. The maximum Gasteiger partial charge on any atom is 0.286 e. The molecule has 75 heavy (non-hydrogen) atoms. The van der Waals surface area contributed by atoms with Gasteiger partial charge in [0.1, 0.15) is 61.3 Å². The molecule has 2 fully saturated rings. The summed E-state index contributed by atoms with van der Waals surface area (Å²) in [5.74, 6) is -3.66. The smallest absolute Gasteiger partial charge is 0.286 e. The number of anilines is 3. The molecular weight excluding hydrogens is 1100 g/mol. The number of fused-ring (bicyclic) bond motifs is 2. The van der Waals surface area contributed by atoms with Crippen LogP contribution >= 0.6 is 39.1 Å². The van der Waals surface area contributed by atoms with Crippen molar-refractivity contribution >= 4 is 90.6 Å². The van der Waals surface area contributed by atoms with Gasteiger partial charge in [0.05, 0.1) is 49.1 Å². The molecule has 8 aromatic heterocycles. The number of Topliss-reactive ketones (excluding diaryl/α,β-unsaturated/α-hetero) is 2. The zero-order valence-electron chi connectivity index (χ0n) is 41.1. The van der Waals surface area contributed by atoms with Crippen LogP contribution in [-0.4, -0.2) is 96.6 Å². The van der Waals surface area contributed by atoms with E-state index < -0.39 is 11.8 Å². The monoisotopic (exact) mass is 1140 g/mol. The molecule has 2 aliphatic heterocycles. The second-order valence-electron chi connectivity index (χ2n) is 17.8. The van der Waals surface area contributed by atoms with Crippen molar-refractivity contribution in [2.24, 2.45) is 14.1 Å². The Morgan fingerprint density at radius 3 is 1.71 bits per heavy atom. The molecule has 20 nitrogen and oxygen atoms in total. The van der Waals surface area contributed by atoms with Gasteiger partial charge < -0.3 is 39.1 Å². The van der Waals surface area contributed by atoms with Crippen molar-refractivity contribution in [3.63, 3.8) is 0 Å². The van der Waals surface area contributed by atoms with E-state index in [1.54, 1.807) is 52.8 Å². The number of nitrogens with zero attached hydrogens (tertiary/aromatic N) is 12. The van der Waals surface area contributed by atoms with Crippen molar-refractivity contribution in [3.8, 4) is 23.0 Å². The van der Waals surface area contributed by atoms with Gasteiger partial charge >= 0.3 is 0 Å². The first-order valence-corrected chi connectivity index (χ1v) is 24.6. The fourth-order valence-electron chi connectivity index (χ4n) is 8.08. The highest BCUT2D eigenvalue weighted by atomic mass is 79.9. The number of rotatable bonds is 14. The maximum absolute atomic E-state index is 14.3. The molecule has 2 saturated heterocycles. The number of ether oxygens (including phenoxy) is 4. The van der Waals surface area contributed by atoms with Gasteiger partial charge in [-0.25, -0.2) is 15.0 Å². The Kier molecular flexibility index (Phi) is 16.4. The Morgan fingerprint density at radius 1 is 0.747 bits per heavy atom. The number of nitrogens with one attached hydrogen (secondary N) is 1. The van der Waals surface area contributed by atoms with Gasteiger partial charge in [-0.3, -0.25) is 28.9 Å². The van der Waals surface area contributed by atoms with E-state index in [-0.39, 0.29) is 70.3 Å². The SMILES string of the molecule is CC(=O)Cc1cc(Oc2cnc3nc(Br)n(C)c3c2Cl)ccn1.CC(=O)Cc1cc(Oc2cnc3nc(Nc4cc(C(C)(F)F)n(C5CCOC5)n4)n(C)c3c2Cl)ccn1.CC(F)(F)c1cc(N)nn1[C@@H]1CCOC1. The van der Waals surface area contributed by atoms with Crippen molar-refractivity contribution in [3.05, 3.63) is 98.7 Å². The summed E-state index contributed by atoms with van der Waals surface area (Å²) >= 11 is 16.4. The average molecular weight is 1140 g/mol. The number of alkyl halides is 4. The summed E-state index contributed by atoms with van der Waals surface area (Å²) in [6.07, 6.45) is 7.85. The van der Waals surface area contributed by atoms with Crippen LogP contribution in [0.4, 0.5) is 35.1 Å². The molecule has 396 valence electrons. The van der Waals surface area contributed by atoms with Crippen LogP contribution in [0.25, 0.3) is 22.3 Å². The molecule has 0 bridgehead atoms. The van der Waals surface area contributed by atoms with Crippen molar-refractivity contribution in [1.82, 2.24) is 58.6 Å². The largest absolute Gasteiger partial charge is 0.454 e. The van der Waals surface area contributed by atoms with Gasteiger partial charge in [-0.1, -0.05) is 23.2 Å². The second kappa shape index (κ2) is 22.6. The number of aryl methyl sites for hydroxylation is 2. The molecular formula is C48H49BrCl2F4N14O6. The zero-order valence-corrected chi connectivity index (χ0v) is 44.2. The summed E-state index contributed by atoms with van der Waals surface area (Å²) in [6, 6.07) is 8.85. The number of aromatic nitrogens is 12. The molecule has 10 heterocycles. The molecule has 0 spiro atoms. The van der Waals surface area contributed by atoms with Gasteiger partial charge in [0, 0.05) is 90.7 Å². The van der Waals surface area contributed by atoms with Gasteiger partial charge in [-0.05, 0) is 54.8 Å². The van der Waals surface area contributed by atoms with Crippen molar-refractivity contribution in [2.45, 2.75) is 77.3 Å². The molecule has 0 aromatic carbocycles. The molecule has 2 aliphatic rings. The van der Waals surface area contributed by atoms with Crippen LogP contribution in [0.1, 0.15) is 75.4 Å². The molecule has 3 N–H and O–H groups in total. The van der Waals surface area contributed by atoms with E-state index in [2.05, 4.69) is 61.3 Å². The van der Waals surface area contributed by atoms with Crippen LogP contribution in [0.3, 0.4) is 0 Å². The highest BCUT2D eigenvalue weighted by Crippen LogP contribution is 2.39. The number of halogens is 7. The minimum absolute atomic E-state index is 0.0168. The number of ketones is 2. The van der Waals surface area contributed by atoms with Gasteiger partial charge in [-0.2, -0.15) is 32.7 Å². The highest BCUT2D eigenvalue weighted by Gasteiger charge is 2.35. The molecule has 27 heteroatoms. The lowest BCUT2D eigenvalue weighted by atomic mass is 10.2. The summed E-state index contributed by atoms with van der Waals surface area (Å²) in [6.45, 7) is 6.51. The van der Waals surface area contributed by atoms with Crippen LogP contribution in [0.15, 0.2) is 65.9 Å². The minimum atomic E-state index is -3.09. The summed E-state index contributed by atoms with van der Waals surface area (Å²) in [4.78, 5) is 48.2. The number of pyridine rings is 4. The van der Waals surface area contributed by atoms with Gasteiger partial charge in [-0.15, -0.1) is 0 Å². The van der Waals surface area contributed by atoms with Crippen LogP contribution in [-0.2, 0) is 57.8 Å². The standard InChI is InChI=1S/C24H24ClF2N7O3.C15H12BrClN4O2.C9H13F2N3O/c1-13(35)8-14-9-16(4-6-28-14)37-17-11-29-22-21(20(17)25)33(3)23(31-22)30-19-10-18(24(2,26)27)34(32-19)15-5-7-36-12-15;1-8(22)5-9-6-10(3-4-18-9)23-11-7-19-14-13(12(11)17)21(2)15(16)20-14;1-9(10,11)7-4-8(12)13-14(7)6-2-3-15-5-6/h4,6,9-11,15H,5,7-8,12H2,1-3H3,(H,29,30,31,32);3-4,6-7H,5H2,1-2H3;4,6H,2-3,5H2,1H3,(H2,12,13)/t;;6-/m..1/s1. The first kappa shape index (κ1) is 54.5. The molecule has 0 radical (unpaired) electrons. The summed E-state index contributed by atoms with van der Waals surface area (Å²) in [5, 5.41) is 11.9. The fourth-order valence-corrected chi connectivity index (χ4v) is 9.02. The van der Waals surface area contributed by atoms with E-state index in [1.807, 2.05) is 7.05 Å². The topological polar surface area (TPSA) is 232 Å². The number of imidazole rings is 2. The van der Waals surface area contributed by atoms with Crippen LogP contribution in [0, 0.1) is 0 Å². The second-order valence-corrected chi connectivity index (χ2v) is 19.2. The van der Waals surface area contributed by atoms with E-state index in [4.69, 9.17) is 47.9 Å². The number of hydrogen-bond donors (Lipinski definition) is 2. The highest BCUT2D eigenvalue weighted by molar-refractivity contribution is 9.10. The number of nitrogen functional groups attached to an aromatic ring is 1. The summed E-state index contributed by atoms with van der Waals surface area (Å²) in [7, 11) is 3.54. The van der Waals surface area contributed by atoms with E-state index in [1.165, 1.54) is 47.7 Å². The lowest BCUT2D eigenvalue weighted by Gasteiger charge is -2.16. The molecule has 0 amide bonds. The van der Waals surface area contributed by atoms with Crippen molar-refractivity contribution in [2.75, 3.05) is 37.5 Å². The van der Waals surface area contributed by atoms with E-state index in [0.717, 1.165) is 13.8 Å². The summed E-state index contributed by atoms with van der Waals surface area (Å²) in [5.41, 5.74) is 8.31. The van der Waals surface area contributed by atoms with Gasteiger partial charge in [0.2, 0.25) is 5.95 Å². The molecule has 8 aromatic rings. The van der Waals surface area contributed by atoms with E-state index in [9.17, 15) is 27.2 Å². The van der Waals surface area contributed by atoms with Crippen LogP contribution in [0.2, 0.25) is 10.0 Å². The first-order chi connectivity index (χ1) is 35.5. The predicted octanol–water partition coefficient (Wildman–Crippen LogP) is 10.2. The number of carbonyl (C=O) groups is 2. The fraction of sp³-hybridized carbons (Fsp3) is 0.375. The Bertz CT molecular complexity index is 3380. The third-order valence-electron chi connectivity index (χ3n) is 11.6. The molecule has 1 unspecified atom stereocenters. The number of carbonyl (C=O) groups excluding carboxylic acids is 2. The third-order valence-corrected chi connectivity index (χ3v) is 13.0. The average Bonchev–Trinajstić information content (AvgIpc) is 4.21. The van der Waals surface area contributed by atoms with E-state index in [0.29, 0.717) is 106 Å². The van der Waals surface area contributed by atoms with Crippen molar-refractivity contribution in [1.29, 1.82) is 0 Å². The Labute approximate surface area is 444 Å². The summed E-state index contributed by atoms with van der Waals surface area (Å²) < 4.78 is 84.0. The molecule has 0 saturated carbocycles.